The molecule has 9 heteroatoms. The Kier molecular flexibility index (Phi) is 6.18. The highest BCUT2D eigenvalue weighted by Gasteiger charge is 2.28. The van der Waals surface area contributed by atoms with Crippen molar-refractivity contribution in [2.75, 3.05) is 14.2 Å². The smallest absolute Gasteiger partial charge is 0.337 e. The van der Waals surface area contributed by atoms with Crippen molar-refractivity contribution < 1.29 is 24.0 Å². The van der Waals surface area contributed by atoms with Crippen LogP contribution in [0.5, 0.6) is 0 Å². The van der Waals surface area contributed by atoms with E-state index in [2.05, 4.69) is 4.74 Å². The summed E-state index contributed by atoms with van der Waals surface area (Å²) in [7, 11) is 2.42. The fraction of sp³-hybridized carbons (Fsp3) is 0.176. The highest BCUT2D eigenvalue weighted by atomic mass is 35.5. The Morgan fingerprint density at radius 2 is 1.73 bits per heavy atom. The Hall–Kier alpha value is -2.64. The molecule has 0 aliphatic rings. The fourth-order valence-electron chi connectivity index (χ4n) is 2.42. The summed E-state index contributed by atoms with van der Waals surface area (Å²) in [6.07, 6.45) is 0. The number of carbonyl (C=O) groups excluding carboxylic acids is 2. The molecule has 0 fully saturated rings. The predicted molar refractivity (Wildman–Crippen MR) is 94.8 cm³/mol. The molecule has 7 nitrogen and oxygen atoms in total. The lowest BCUT2D eigenvalue weighted by molar-refractivity contribution is -0.384. The molecule has 26 heavy (non-hydrogen) atoms. The van der Waals surface area contributed by atoms with Crippen LogP contribution in [0.25, 0.3) is 0 Å². The van der Waals surface area contributed by atoms with E-state index < -0.39 is 22.8 Å². The van der Waals surface area contributed by atoms with Crippen molar-refractivity contribution in [3.63, 3.8) is 0 Å². The molecular weight excluding hydrogens is 385 g/mol. The molecule has 0 aliphatic carbocycles. The van der Waals surface area contributed by atoms with E-state index >= 15 is 0 Å². The molecule has 0 bridgehead atoms. The first-order valence-electron chi connectivity index (χ1n) is 7.19. The van der Waals surface area contributed by atoms with Crippen LogP contribution < -0.4 is 0 Å². The molecule has 2 rings (SSSR count). The molecule has 0 aliphatic heterocycles. The predicted octanol–water partition coefficient (Wildman–Crippen LogP) is 3.99. The summed E-state index contributed by atoms with van der Waals surface area (Å²) >= 11 is 12.2. The molecule has 0 radical (unpaired) electrons. The van der Waals surface area contributed by atoms with Crippen LogP contribution in [0.1, 0.15) is 27.4 Å². The lowest BCUT2D eigenvalue weighted by atomic mass is 9.90. The Morgan fingerprint density at radius 3 is 2.27 bits per heavy atom. The van der Waals surface area contributed by atoms with Crippen molar-refractivity contribution in [1.29, 1.82) is 0 Å². The van der Waals surface area contributed by atoms with E-state index in [0.29, 0.717) is 5.56 Å². The number of esters is 2. The third-order valence-corrected chi connectivity index (χ3v) is 4.31. The van der Waals surface area contributed by atoms with Crippen molar-refractivity contribution in [3.8, 4) is 0 Å². The van der Waals surface area contributed by atoms with Gasteiger partial charge in [0.25, 0.3) is 5.69 Å². The maximum Gasteiger partial charge on any atom is 0.337 e. The van der Waals surface area contributed by atoms with Gasteiger partial charge in [0.2, 0.25) is 0 Å². The number of nitro benzene ring substituents is 1. The average molecular weight is 398 g/mol. The summed E-state index contributed by atoms with van der Waals surface area (Å²) in [6.45, 7) is 0. The van der Waals surface area contributed by atoms with E-state index in [0.717, 1.165) is 0 Å². The maximum absolute atomic E-state index is 12.4. The number of rotatable bonds is 5. The lowest BCUT2D eigenvalue weighted by Gasteiger charge is -2.18. The van der Waals surface area contributed by atoms with Gasteiger partial charge in [-0.3, -0.25) is 14.9 Å². The van der Waals surface area contributed by atoms with Crippen LogP contribution in [0.2, 0.25) is 10.0 Å². The van der Waals surface area contributed by atoms with Gasteiger partial charge in [-0.1, -0.05) is 29.3 Å². The van der Waals surface area contributed by atoms with E-state index in [4.69, 9.17) is 27.9 Å². The van der Waals surface area contributed by atoms with E-state index in [1.165, 1.54) is 50.6 Å². The Morgan fingerprint density at radius 1 is 1.04 bits per heavy atom. The van der Waals surface area contributed by atoms with Gasteiger partial charge in [0, 0.05) is 11.1 Å². The monoisotopic (exact) mass is 397 g/mol. The zero-order chi connectivity index (χ0) is 19.4. The molecule has 0 heterocycles. The first kappa shape index (κ1) is 19.7. The molecule has 0 amide bonds. The second-order valence-corrected chi connectivity index (χ2v) is 5.97. The minimum Gasteiger partial charge on any atom is -0.468 e. The number of hydrogen-bond donors (Lipinski definition) is 0. The second kappa shape index (κ2) is 8.16. The van der Waals surface area contributed by atoms with Crippen molar-refractivity contribution in [2.45, 2.75) is 5.92 Å². The highest BCUT2D eigenvalue weighted by molar-refractivity contribution is 6.33. The quantitative estimate of drug-likeness (QED) is 0.429. The molecule has 0 N–H and O–H groups in total. The summed E-state index contributed by atoms with van der Waals surface area (Å²) in [5, 5.41) is 11.0. The van der Waals surface area contributed by atoms with Crippen molar-refractivity contribution in [2.24, 2.45) is 0 Å². The number of methoxy groups -OCH3 is 2. The first-order valence-corrected chi connectivity index (χ1v) is 7.95. The minimum atomic E-state index is -1.03. The summed E-state index contributed by atoms with van der Waals surface area (Å²) < 4.78 is 9.50. The maximum atomic E-state index is 12.4. The standard InChI is InChI=1S/C17H13Cl2NO6/c1-25-16(21)10-3-5-12(18)11(7-10)15(17(22)26-2)9-4-6-14(20(23)24)13(19)8-9/h3-8,15H,1-2H3. The van der Waals surface area contributed by atoms with Crippen LogP contribution in [0.4, 0.5) is 5.69 Å². The van der Waals surface area contributed by atoms with Gasteiger partial charge < -0.3 is 9.47 Å². The van der Waals surface area contributed by atoms with Gasteiger partial charge in [0.15, 0.2) is 0 Å². The van der Waals surface area contributed by atoms with Crippen LogP contribution in [-0.2, 0) is 14.3 Å². The fourth-order valence-corrected chi connectivity index (χ4v) is 2.91. The van der Waals surface area contributed by atoms with Crippen molar-refractivity contribution in [1.82, 2.24) is 0 Å². The van der Waals surface area contributed by atoms with Crippen molar-refractivity contribution >= 4 is 40.8 Å². The number of nitrogens with zero attached hydrogens (tertiary/aromatic N) is 1. The number of hydrogen-bond acceptors (Lipinski definition) is 6. The van der Waals surface area contributed by atoms with Crippen LogP contribution >= 0.6 is 23.2 Å². The molecular formula is C17H13Cl2NO6. The van der Waals surface area contributed by atoms with E-state index in [1.807, 2.05) is 0 Å². The number of carbonyl (C=O) groups is 2. The highest BCUT2D eigenvalue weighted by Crippen LogP contribution is 2.35. The van der Waals surface area contributed by atoms with Gasteiger partial charge in [0.1, 0.15) is 10.9 Å². The second-order valence-electron chi connectivity index (χ2n) is 5.15. The van der Waals surface area contributed by atoms with Crippen LogP contribution in [0.3, 0.4) is 0 Å². The zero-order valence-corrected chi connectivity index (χ0v) is 15.2. The molecule has 2 aromatic rings. The molecule has 136 valence electrons. The number of nitro groups is 1. The third-order valence-electron chi connectivity index (χ3n) is 3.67. The molecule has 1 atom stereocenters. The average Bonchev–Trinajstić information content (AvgIpc) is 2.62. The third kappa shape index (κ3) is 3.95. The Balaban J connectivity index is 2.63. The molecule has 0 aromatic heterocycles. The van der Waals surface area contributed by atoms with Crippen LogP contribution in [0, 0.1) is 10.1 Å². The lowest BCUT2D eigenvalue weighted by Crippen LogP contribution is -2.17. The molecule has 2 aromatic carbocycles. The van der Waals surface area contributed by atoms with Crippen LogP contribution in [-0.4, -0.2) is 31.1 Å². The first-order chi connectivity index (χ1) is 12.3. The van der Waals surface area contributed by atoms with Gasteiger partial charge in [-0.25, -0.2) is 4.79 Å². The Labute approximate surface area is 158 Å². The largest absolute Gasteiger partial charge is 0.468 e. The molecule has 0 saturated carbocycles. The van der Waals surface area contributed by atoms with E-state index in [1.54, 1.807) is 0 Å². The number of benzene rings is 2. The molecule has 0 saturated heterocycles. The zero-order valence-electron chi connectivity index (χ0n) is 13.7. The minimum absolute atomic E-state index is 0.137. The normalized spacial score (nSPS) is 11.5. The summed E-state index contributed by atoms with van der Waals surface area (Å²) in [5.74, 6) is -2.30. The van der Waals surface area contributed by atoms with E-state index in [-0.39, 0.29) is 26.9 Å². The number of ether oxygens (including phenoxy) is 2. The summed E-state index contributed by atoms with van der Waals surface area (Å²) in [4.78, 5) is 34.4. The SMILES string of the molecule is COC(=O)c1ccc(Cl)c(C(C(=O)OC)c2ccc([N+](=O)[O-])c(Cl)c2)c1. The van der Waals surface area contributed by atoms with Gasteiger partial charge in [0.05, 0.1) is 24.7 Å². The molecule has 1 unspecified atom stereocenters. The van der Waals surface area contributed by atoms with Crippen molar-refractivity contribution in [3.05, 3.63) is 73.2 Å². The van der Waals surface area contributed by atoms with Gasteiger partial charge in [-0.05, 0) is 35.4 Å². The van der Waals surface area contributed by atoms with Gasteiger partial charge >= 0.3 is 11.9 Å². The Bertz CT molecular complexity index is 884. The molecule has 0 spiro atoms. The van der Waals surface area contributed by atoms with Gasteiger partial charge in [-0.2, -0.15) is 0 Å². The summed E-state index contributed by atoms with van der Waals surface area (Å²) in [6, 6.07) is 8.17. The van der Waals surface area contributed by atoms with E-state index in [9.17, 15) is 19.7 Å². The topological polar surface area (TPSA) is 95.7 Å². The van der Waals surface area contributed by atoms with Gasteiger partial charge in [-0.15, -0.1) is 0 Å². The summed E-state index contributed by atoms with van der Waals surface area (Å²) in [5.41, 5.74) is 0.505. The number of halogens is 2. The van der Waals surface area contributed by atoms with Crippen LogP contribution in [0.15, 0.2) is 36.4 Å².